The molecule has 2 heterocycles. The summed E-state index contributed by atoms with van der Waals surface area (Å²) in [5.41, 5.74) is 11.7. The fraction of sp³-hybridized carbons (Fsp3) is 0.538. The summed E-state index contributed by atoms with van der Waals surface area (Å²) in [6, 6.07) is -0.0715. The van der Waals surface area contributed by atoms with Crippen molar-refractivity contribution in [3.8, 4) is 0 Å². The van der Waals surface area contributed by atoms with Gasteiger partial charge < -0.3 is 21.3 Å². The van der Waals surface area contributed by atoms with Crippen molar-refractivity contribution >= 4 is 16.7 Å². The van der Waals surface area contributed by atoms with E-state index in [9.17, 15) is 10.1 Å². The fourth-order valence-corrected chi connectivity index (χ4v) is 2.31. The number of hydrogen-bond donors (Lipinski definition) is 3. The van der Waals surface area contributed by atoms with Gasteiger partial charge in [-0.05, 0) is 38.9 Å². The maximum absolute atomic E-state index is 11.0. The van der Waals surface area contributed by atoms with Gasteiger partial charge in [0.1, 0.15) is 6.20 Å². The van der Waals surface area contributed by atoms with Crippen LogP contribution in [-0.4, -0.2) is 34.7 Å². The molecule has 0 aromatic carbocycles. The van der Waals surface area contributed by atoms with Crippen LogP contribution in [0, 0.1) is 10.1 Å². The molecule has 1 unspecified atom stereocenters. The van der Waals surface area contributed by atoms with Crippen LogP contribution in [-0.2, 0) is 0 Å². The van der Waals surface area contributed by atoms with Crippen LogP contribution >= 0.6 is 0 Å². The summed E-state index contributed by atoms with van der Waals surface area (Å²) < 4.78 is 5.03. The number of fused-ring (bicyclic) bond motifs is 1. The molecule has 2 rings (SSSR count). The Bertz CT molecular complexity index is 629. The molecule has 0 aliphatic heterocycles. The second kappa shape index (κ2) is 7.78. The molecule has 1 atom stereocenters. The molecule has 9 nitrogen and oxygen atoms in total. The number of nitrogens with two attached hydrogens (primary N) is 2. The van der Waals surface area contributed by atoms with Crippen LogP contribution in [0.1, 0.15) is 31.0 Å². The van der Waals surface area contributed by atoms with Gasteiger partial charge in [0.25, 0.3) is 0 Å². The van der Waals surface area contributed by atoms with Gasteiger partial charge in [0.2, 0.25) is 5.58 Å². The predicted molar refractivity (Wildman–Crippen MR) is 81.2 cm³/mol. The molecule has 0 amide bonds. The van der Waals surface area contributed by atoms with Crippen LogP contribution in [0.2, 0.25) is 0 Å². The van der Waals surface area contributed by atoms with Gasteiger partial charge >= 0.3 is 5.69 Å². The molecule has 0 spiro atoms. The zero-order chi connectivity index (χ0) is 15.9. The van der Waals surface area contributed by atoms with E-state index in [-0.39, 0.29) is 17.3 Å². The normalized spacial score (nSPS) is 12.6. The maximum atomic E-state index is 11.0. The Kier molecular flexibility index (Phi) is 5.75. The van der Waals surface area contributed by atoms with Crippen molar-refractivity contribution in [3.05, 3.63) is 28.2 Å². The summed E-state index contributed by atoms with van der Waals surface area (Å²) in [5, 5.41) is 18.6. The highest BCUT2D eigenvalue weighted by molar-refractivity contribution is 5.86. The second-order valence-electron chi connectivity index (χ2n) is 4.93. The van der Waals surface area contributed by atoms with Crippen molar-refractivity contribution in [2.45, 2.75) is 25.3 Å². The number of hydrogen-bond acceptors (Lipinski definition) is 8. The highest BCUT2D eigenvalue weighted by Crippen LogP contribution is 2.30. The Morgan fingerprint density at radius 1 is 1.32 bits per heavy atom. The van der Waals surface area contributed by atoms with Gasteiger partial charge in [0, 0.05) is 0 Å². The van der Waals surface area contributed by atoms with E-state index in [1.807, 2.05) is 0 Å². The largest absolute Gasteiger partial charge is 0.349 e. The Labute approximate surface area is 127 Å². The first-order valence-electron chi connectivity index (χ1n) is 7.20. The Morgan fingerprint density at radius 3 is 2.77 bits per heavy atom. The van der Waals surface area contributed by atoms with E-state index in [4.69, 9.17) is 16.0 Å². The standard InChI is InChI=1S/C13H20N6O3/c14-4-1-3-10(16-6-2-5-15)12-9-7-18-22-13(9)11(8-17-12)19(20)21/h7-8,10,16H,1-6,14-15H2. The first kappa shape index (κ1) is 16.3. The highest BCUT2D eigenvalue weighted by Gasteiger charge is 2.23. The minimum atomic E-state index is -0.527. The number of rotatable bonds is 9. The molecule has 5 N–H and O–H groups in total. The highest BCUT2D eigenvalue weighted by atomic mass is 16.6. The zero-order valence-electron chi connectivity index (χ0n) is 12.2. The topological polar surface area (TPSA) is 146 Å². The molecule has 0 saturated carbocycles. The minimum Gasteiger partial charge on any atom is -0.349 e. The summed E-state index contributed by atoms with van der Waals surface area (Å²) in [4.78, 5) is 14.7. The van der Waals surface area contributed by atoms with Gasteiger partial charge in [-0.25, -0.2) is 0 Å². The number of nitrogens with one attached hydrogen (secondary N) is 1. The molecule has 120 valence electrons. The lowest BCUT2D eigenvalue weighted by atomic mass is 10.0. The third kappa shape index (κ3) is 3.56. The fourth-order valence-electron chi connectivity index (χ4n) is 2.31. The molecule has 0 bridgehead atoms. The summed E-state index contributed by atoms with van der Waals surface area (Å²) >= 11 is 0. The van der Waals surface area contributed by atoms with E-state index in [0.717, 1.165) is 25.8 Å². The third-order valence-corrected chi connectivity index (χ3v) is 3.40. The average molecular weight is 308 g/mol. The molecule has 0 aliphatic carbocycles. The molecule has 2 aromatic heterocycles. The molecule has 2 aromatic rings. The van der Waals surface area contributed by atoms with Crippen LogP contribution in [0.3, 0.4) is 0 Å². The van der Waals surface area contributed by atoms with E-state index in [2.05, 4.69) is 15.5 Å². The van der Waals surface area contributed by atoms with Crippen molar-refractivity contribution < 1.29 is 9.45 Å². The molecule has 0 radical (unpaired) electrons. The summed E-state index contributed by atoms with van der Waals surface area (Å²) in [6.07, 6.45) is 5.09. The second-order valence-corrected chi connectivity index (χ2v) is 4.93. The Balaban J connectivity index is 2.34. The van der Waals surface area contributed by atoms with Crippen LogP contribution in [0.15, 0.2) is 16.9 Å². The van der Waals surface area contributed by atoms with Crippen molar-refractivity contribution in [2.24, 2.45) is 11.5 Å². The smallest absolute Gasteiger partial charge is 0.333 e. The molecule has 0 fully saturated rings. The first-order chi connectivity index (χ1) is 10.7. The number of pyridine rings is 1. The number of aromatic nitrogens is 2. The van der Waals surface area contributed by atoms with E-state index >= 15 is 0 Å². The Hall–Kier alpha value is -2.10. The predicted octanol–water partition coefficient (Wildman–Crippen LogP) is 0.849. The van der Waals surface area contributed by atoms with Gasteiger partial charge in [-0.3, -0.25) is 15.1 Å². The molecular formula is C13H20N6O3. The first-order valence-corrected chi connectivity index (χ1v) is 7.20. The lowest BCUT2D eigenvalue weighted by molar-refractivity contribution is -0.384. The van der Waals surface area contributed by atoms with E-state index in [1.165, 1.54) is 12.4 Å². The number of nitro groups is 1. The lowest BCUT2D eigenvalue weighted by Gasteiger charge is -2.18. The van der Waals surface area contributed by atoms with Crippen LogP contribution in [0.4, 0.5) is 5.69 Å². The molecular weight excluding hydrogens is 288 g/mol. The number of nitrogens with zero attached hydrogens (tertiary/aromatic N) is 3. The molecule has 22 heavy (non-hydrogen) atoms. The molecule has 0 aliphatic rings. The zero-order valence-corrected chi connectivity index (χ0v) is 12.2. The summed E-state index contributed by atoms with van der Waals surface area (Å²) in [7, 11) is 0. The average Bonchev–Trinajstić information content (AvgIpc) is 2.99. The van der Waals surface area contributed by atoms with Gasteiger partial charge in [-0.15, -0.1) is 0 Å². The lowest BCUT2D eigenvalue weighted by Crippen LogP contribution is -2.25. The van der Waals surface area contributed by atoms with Crippen molar-refractivity contribution in [1.82, 2.24) is 15.5 Å². The summed E-state index contributed by atoms with van der Waals surface area (Å²) in [5.74, 6) is 0. The van der Waals surface area contributed by atoms with Crippen LogP contribution in [0.25, 0.3) is 11.0 Å². The molecule has 0 saturated heterocycles. The van der Waals surface area contributed by atoms with Gasteiger partial charge in [0.05, 0.1) is 28.2 Å². The van der Waals surface area contributed by atoms with E-state index in [0.29, 0.717) is 24.2 Å². The van der Waals surface area contributed by atoms with Gasteiger partial charge in [0.15, 0.2) is 0 Å². The van der Waals surface area contributed by atoms with E-state index < -0.39 is 4.92 Å². The van der Waals surface area contributed by atoms with E-state index in [1.54, 1.807) is 0 Å². The Morgan fingerprint density at radius 2 is 2.09 bits per heavy atom. The molecule has 9 heteroatoms. The quantitative estimate of drug-likeness (QED) is 0.351. The van der Waals surface area contributed by atoms with Crippen molar-refractivity contribution in [2.75, 3.05) is 19.6 Å². The maximum Gasteiger partial charge on any atom is 0.333 e. The van der Waals surface area contributed by atoms with Crippen molar-refractivity contribution in [3.63, 3.8) is 0 Å². The third-order valence-electron chi connectivity index (χ3n) is 3.40. The van der Waals surface area contributed by atoms with Gasteiger partial charge in [-0.2, -0.15) is 0 Å². The van der Waals surface area contributed by atoms with Crippen LogP contribution in [0.5, 0.6) is 0 Å². The summed E-state index contributed by atoms with van der Waals surface area (Å²) in [6.45, 7) is 1.89. The van der Waals surface area contributed by atoms with Gasteiger partial charge in [-0.1, -0.05) is 5.16 Å². The SMILES string of the molecule is NCCCNC(CCCN)c1ncc([N+](=O)[O-])c2oncc12. The minimum absolute atomic E-state index is 0.0715. The monoisotopic (exact) mass is 308 g/mol. The van der Waals surface area contributed by atoms with Crippen molar-refractivity contribution in [1.29, 1.82) is 0 Å². The van der Waals surface area contributed by atoms with Crippen LogP contribution < -0.4 is 16.8 Å².